The van der Waals surface area contributed by atoms with Gasteiger partial charge < -0.3 is 24.1 Å². The van der Waals surface area contributed by atoms with Gasteiger partial charge in [0.15, 0.2) is 6.29 Å². The third kappa shape index (κ3) is 5.17. The van der Waals surface area contributed by atoms with Crippen LogP contribution in [0.15, 0.2) is 12.3 Å². The van der Waals surface area contributed by atoms with Gasteiger partial charge in [-0.25, -0.2) is 0 Å². The first-order chi connectivity index (χ1) is 12.3. The van der Waals surface area contributed by atoms with Gasteiger partial charge in [-0.05, 0) is 38.2 Å². The van der Waals surface area contributed by atoms with E-state index in [0.717, 1.165) is 65.0 Å². The van der Waals surface area contributed by atoms with E-state index in [2.05, 4.69) is 4.90 Å². The molecule has 2 aliphatic heterocycles. The number of methoxy groups -OCH3 is 1. The molecule has 1 N–H and O–H groups in total. The highest BCUT2D eigenvalue weighted by Crippen LogP contribution is 2.37. The quantitative estimate of drug-likeness (QED) is 0.735. The van der Waals surface area contributed by atoms with Crippen LogP contribution in [0.5, 0.6) is 0 Å². The van der Waals surface area contributed by atoms with Crippen LogP contribution < -0.4 is 0 Å². The molecule has 3 rings (SSSR count). The maximum Gasteiger partial charge on any atom is 0.158 e. The number of aliphatic hydroxyl groups excluding tert-OH is 1. The van der Waals surface area contributed by atoms with Crippen LogP contribution in [-0.4, -0.2) is 74.6 Å². The lowest BCUT2D eigenvalue weighted by atomic mass is 9.95. The average molecular weight is 355 g/mol. The van der Waals surface area contributed by atoms with Gasteiger partial charge in [0.1, 0.15) is 0 Å². The summed E-state index contributed by atoms with van der Waals surface area (Å²) in [6.45, 7) is 4.24. The summed E-state index contributed by atoms with van der Waals surface area (Å²) in [4.78, 5) is 2.46. The van der Waals surface area contributed by atoms with Gasteiger partial charge in [0.05, 0.1) is 32.2 Å². The SMILES string of the molecule is COC=CCC1C(O)CC(OC2CCCCO2)C1N1CCCOCC1. The molecule has 0 aromatic heterocycles. The molecule has 5 unspecified atom stereocenters. The van der Waals surface area contributed by atoms with Gasteiger partial charge in [-0.15, -0.1) is 0 Å². The Balaban J connectivity index is 1.70. The first-order valence-corrected chi connectivity index (χ1v) is 9.74. The van der Waals surface area contributed by atoms with Crippen molar-refractivity contribution in [3.63, 3.8) is 0 Å². The van der Waals surface area contributed by atoms with Crippen LogP contribution in [0.3, 0.4) is 0 Å². The van der Waals surface area contributed by atoms with Crippen LogP contribution in [0.4, 0.5) is 0 Å². The molecular formula is C19H33NO5. The first kappa shape index (κ1) is 19.1. The van der Waals surface area contributed by atoms with E-state index >= 15 is 0 Å². The summed E-state index contributed by atoms with van der Waals surface area (Å²) in [6.07, 6.45) is 8.97. The molecule has 2 heterocycles. The van der Waals surface area contributed by atoms with Crippen molar-refractivity contribution in [1.29, 1.82) is 0 Å². The molecule has 1 saturated carbocycles. The summed E-state index contributed by atoms with van der Waals surface area (Å²) in [7, 11) is 1.65. The van der Waals surface area contributed by atoms with Gasteiger partial charge in [-0.2, -0.15) is 0 Å². The Morgan fingerprint density at radius 3 is 2.88 bits per heavy atom. The monoisotopic (exact) mass is 355 g/mol. The maximum atomic E-state index is 10.7. The highest BCUT2D eigenvalue weighted by Gasteiger charge is 2.46. The van der Waals surface area contributed by atoms with E-state index in [1.54, 1.807) is 13.4 Å². The van der Waals surface area contributed by atoms with Crippen LogP contribution in [0.2, 0.25) is 0 Å². The lowest BCUT2D eigenvalue weighted by Gasteiger charge is -2.37. The molecule has 144 valence electrons. The summed E-state index contributed by atoms with van der Waals surface area (Å²) >= 11 is 0. The van der Waals surface area contributed by atoms with E-state index in [0.29, 0.717) is 6.42 Å². The minimum Gasteiger partial charge on any atom is -0.505 e. The molecule has 0 spiro atoms. The number of hydrogen-bond donors (Lipinski definition) is 1. The highest BCUT2D eigenvalue weighted by molar-refractivity contribution is 5.01. The number of allylic oxidation sites excluding steroid dienone is 1. The van der Waals surface area contributed by atoms with Gasteiger partial charge in [0.2, 0.25) is 0 Å². The Labute approximate surface area is 151 Å². The molecule has 25 heavy (non-hydrogen) atoms. The largest absolute Gasteiger partial charge is 0.505 e. The zero-order valence-electron chi connectivity index (χ0n) is 15.3. The van der Waals surface area contributed by atoms with Crippen LogP contribution in [0.25, 0.3) is 0 Å². The molecule has 3 aliphatic rings. The third-order valence-electron chi connectivity index (χ3n) is 5.57. The fourth-order valence-corrected chi connectivity index (χ4v) is 4.38. The number of ether oxygens (including phenoxy) is 4. The van der Waals surface area contributed by atoms with Crippen molar-refractivity contribution in [2.24, 2.45) is 5.92 Å². The van der Waals surface area contributed by atoms with Crippen molar-refractivity contribution in [3.8, 4) is 0 Å². The Kier molecular flexibility index (Phi) is 7.55. The summed E-state index contributed by atoms with van der Waals surface area (Å²) < 4.78 is 22.8. The number of rotatable bonds is 6. The van der Waals surface area contributed by atoms with Crippen LogP contribution in [0, 0.1) is 5.92 Å². The predicted octanol–water partition coefficient (Wildman–Crippen LogP) is 1.92. The van der Waals surface area contributed by atoms with Gasteiger partial charge in [0.25, 0.3) is 0 Å². The van der Waals surface area contributed by atoms with E-state index in [-0.39, 0.29) is 30.5 Å². The Hall–Kier alpha value is -0.660. The maximum absolute atomic E-state index is 10.7. The molecule has 0 aromatic carbocycles. The van der Waals surface area contributed by atoms with Crippen molar-refractivity contribution >= 4 is 0 Å². The molecule has 6 nitrogen and oxygen atoms in total. The smallest absolute Gasteiger partial charge is 0.158 e. The van der Waals surface area contributed by atoms with Gasteiger partial charge in [-0.1, -0.05) is 0 Å². The average Bonchev–Trinajstić information content (AvgIpc) is 2.81. The second kappa shape index (κ2) is 9.88. The summed E-state index contributed by atoms with van der Waals surface area (Å²) in [6, 6.07) is 0.198. The van der Waals surface area contributed by atoms with Gasteiger partial charge in [-0.3, -0.25) is 4.90 Å². The van der Waals surface area contributed by atoms with Gasteiger partial charge >= 0.3 is 0 Å². The summed E-state index contributed by atoms with van der Waals surface area (Å²) in [5.74, 6) is 0.151. The Morgan fingerprint density at radius 2 is 2.08 bits per heavy atom. The van der Waals surface area contributed by atoms with Crippen LogP contribution in [-0.2, 0) is 18.9 Å². The molecule has 6 heteroatoms. The van der Waals surface area contributed by atoms with E-state index in [1.165, 1.54) is 0 Å². The zero-order valence-corrected chi connectivity index (χ0v) is 15.3. The van der Waals surface area contributed by atoms with Crippen LogP contribution >= 0.6 is 0 Å². The van der Waals surface area contributed by atoms with Crippen molar-refractivity contribution in [1.82, 2.24) is 4.90 Å². The highest BCUT2D eigenvalue weighted by atomic mass is 16.7. The topological polar surface area (TPSA) is 60.4 Å². The molecule has 3 fully saturated rings. The van der Waals surface area contributed by atoms with Crippen molar-refractivity contribution in [2.45, 2.75) is 63.1 Å². The molecular weight excluding hydrogens is 322 g/mol. The van der Waals surface area contributed by atoms with Crippen molar-refractivity contribution < 1.29 is 24.1 Å². The van der Waals surface area contributed by atoms with E-state index < -0.39 is 0 Å². The third-order valence-corrected chi connectivity index (χ3v) is 5.57. The minimum absolute atomic E-state index is 0.0112. The first-order valence-electron chi connectivity index (χ1n) is 9.74. The fourth-order valence-electron chi connectivity index (χ4n) is 4.38. The fraction of sp³-hybridized carbons (Fsp3) is 0.895. The van der Waals surface area contributed by atoms with Gasteiger partial charge in [0, 0.05) is 44.7 Å². The second-order valence-corrected chi connectivity index (χ2v) is 7.27. The Morgan fingerprint density at radius 1 is 1.16 bits per heavy atom. The molecule has 0 radical (unpaired) electrons. The van der Waals surface area contributed by atoms with Crippen molar-refractivity contribution in [2.75, 3.05) is 40.0 Å². The standard InChI is InChI=1S/C19H33NO5/c1-22-10-4-6-15-16(21)14-17(25-18-7-2-3-12-24-18)19(15)20-8-5-11-23-13-9-20/h4,10,15-19,21H,2-3,5-9,11-14H2,1H3. The Bertz CT molecular complexity index is 405. The molecule has 2 saturated heterocycles. The van der Waals surface area contributed by atoms with E-state index in [4.69, 9.17) is 18.9 Å². The van der Waals surface area contributed by atoms with E-state index in [1.807, 2.05) is 6.08 Å². The predicted molar refractivity (Wildman–Crippen MR) is 94.1 cm³/mol. The number of aliphatic hydroxyl groups is 1. The lowest BCUT2D eigenvalue weighted by molar-refractivity contribution is -0.198. The van der Waals surface area contributed by atoms with Crippen LogP contribution in [0.1, 0.15) is 38.5 Å². The molecule has 0 aromatic rings. The lowest BCUT2D eigenvalue weighted by Crippen LogP contribution is -2.48. The molecule has 1 aliphatic carbocycles. The zero-order chi connectivity index (χ0) is 17.5. The normalized spacial score (nSPS) is 38.1. The molecule has 5 atom stereocenters. The minimum atomic E-state index is -0.357. The molecule has 0 amide bonds. The summed E-state index contributed by atoms with van der Waals surface area (Å²) in [5.41, 5.74) is 0. The number of hydrogen-bond acceptors (Lipinski definition) is 6. The number of nitrogens with zero attached hydrogens (tertiary/aromatic N) is 1. The van der Waals surface area contributed by atoms with Crippen molar-refractivity contribution in [3.05, 3.63) is 12.3 Å². The van der Waals surface area contributed by atoms with E-state index in [9.17, 15) is 5.11 Å². The second-order valence-electron chi connectivity index (χ2n) is 7.27. The summed E-state index contributed by atoms with van der Waals surface area (Å²) in [5, 5.41) is 10.7. The molecule has 0 bridgehead atoms.